The third-order valence-corrected chi connectivity index (χ3v) is 3.85. The van der Waals surface area contributed by atoms with E-state index in [1.54, 1.807) is 36.4 Å². The molecule has 29 heavy (non-hydrogen) atoms. The van der Waals surface area contributed by atoms with Gasteiger partial charge >= 0.3 is 0 Å². The molecule has 1 amide bonds. The van der Waals surface area contributed by atoms with Gasteiger partial charge in [0.1, 0.15) is 24.9 Å². The molecule has 148 valence electrons. The van der Waals surface area contributed by atoms with E-state index in [0.29, 0.717) is 0 Å². The Bertz CT molecular complexity index is 1080. The summed E-state index contributed by atoms with van der Waals surface area (Å²) >= 11 is 6.02. The van der Waals surface area contributed by atoms with Crippen LogP contribution in [-0.2, 0) is 9.63 Å². The zero-order valence-electron chi connectivity index (χ0n) is 15.0. The number of oxime groups is 1. The van der Waals surface area contributed by atoms with Crippen molar-refractivity contribution in [3.8, 4) is 23.3 Å². The summed E-state index contributed by atoms with van der Waals surface area (Å²) in [5.41, 5.74) is 5.32. The van der Waals surface area contributed by atoms with Crippen LogP contribution in [-0.4, -0.2) is 28.7 Å². The van der Waals surface area contributed by atoms with E-state index < -0.39 is 17.6 Å². The van der Waals surface area contributed by atoms with Crippen LogP contribution < -0.4 is 15.2 Å². The van der Waals surface area contributed by atoms with Gasteiger partial charge in [-0.3, -0.25) is 4.79 Å². The summed E-state index contributed by atoms with van der Waals surface area (Å²) in [5, 5.41) is 3.88. The summed E-state index contributed by atoms with van der Waals surface area (Å²) in [6.45, 7) is 0. The van der Waals surface area contributed by atoms with Gasteiger partial charge < -0.3 is 20.0 Å². The Morgan fingerprint density at radius 2 is 1.62 bits per heavy atom. The molecule has 0 bridgehead atoms. The number of ether oxygens (including phenoxy) is 2. The van der Waals surface area contributed by atoms with Gasteiger partial charge in [0.2, 0.25) is 5.82 Å². The number of rotatable bonds is 7. The van der Waals surface area contributed by atoms with Crippen molar-refractivity contribution in [2.45, 2.75) is 0 Å². The number of primary amides is 1. The predicted octanol–water partition coefficient (Wildman–Crippen LogP) is 3.69. The molecule has 0 saturated heterocycles. The minimum Gasteiger partial charge on any atom is -0.436 e. The lowest BCUT2D eigenvalue weighted by Crippen LogP contribution is -2.25. The van der Waals surface area contributed by atoms with Gasteiger partial charge in [0.05, 0.1) is 10.6 Å². The highest BCUT2D eigenvalue weighted by atomic mass is 35.5. The number of hydrogen-bond acceptors (Lipinski definition) is 7. The first-order chi connectivity index (χ1) is 14.0. The number of nitrogens with two attached hydrogens (primary N) is 1. The van der Waals surface area contributed by atoms with Crippen molar-refractivity contribution >= 4 is 23.2 Å². The molecule has 0 unspecified atom stereocenters. The van der Waals surface area contributed by atoms with Gasteiger partial charge in [-0.15, -0.1) is 0 Å². The van der Waals surface area contributed by atoms with Gasteiger partial charge in [-0.2, -0.15) is 14.4 Å². The first-order valence-corrected chi connectivity index (χ1v) is 8.50. The molecule has 10 heteroatoms. The first-order valence-electron chi connectivity index (χ1n) is 8.12. The molecular weight excluding hydrogens is 403 g/mol. The molecule has 0 aliphatic carbocycles. The number of nitrogens with zero attached hydrogens (tertiary/aromatic N) is 3. The Labute approximate surface area is 169 Å². The molecule has 0 radical (unpaired) electrons. The summed E-state index contributed by atoms with van der Waals surface area (Å²) in [6.07, 6.45) is 1.06. The Balaban J connectivity index is 1.95. The maximum atomic E-state index is 14.9. The molecular formula is C19H14ClFN4O4. The van der Waals surface area contributed by atoms with Crippen LogP contribution in [0.25, 0.3) is 0 Å². The first kappa shape index (κ1) is 20.0. The van der Waals surface area contributed by atoms with E-state index in [1.807, 2.05) is 0 Å². The van der Waals surface area contributed by atoms with Crippen LogP contribution in [0.1, 0.15) is 5.56 Å². The van der Waals surface area contributed by atoms with Crippen LogP contribution >= 0.6 is 11.6 Å². The van der Waals surface area contributed by atoms with Gasteiger partial charge in [-0.05, 0) is 24.3 Å². The fourth-order valence-corrected chi connectivity index (χ4v) is 2.46. The molecule has 0 aliphatic heterocycles. The number of para-hydroxylation sites is 2. The quantitative estimate of drug-likeness (QED) is 0.464. The Kier molecular flexibility index (Phi) is 6.20. The van der Waals surface area contributed by atoms with Crippen LogP contribution in [0, 0.1) is 5.82 Å². The number of halogens is 2. The van der Waals surface area contributed by atoms with E-state index in [1.165, 1.54) is 19.2 Å². The SMILES string of the molecule is CO/N=C(\C(N)=O)c1ccccc1Oc1ncnc(Oc2ccccc2Cl)c1F. The van der Waals surface area contributed by atoms with Crippen molar-refractivity contribution in [1.82, 2.24) is 9.97 Å². The van der Waals surface area contributed by atoms with Gasteiger partial charge in [0, 0.05) is 0 Å². The molecule has 2 N–H and O–H groups in total. The molecule has 0 atom stereocenters. The molecule has 0 spiro atoms. The van der Waals surface area contributed by atoms with Crippen LogP contribution in [0.5, 0.6) is 23.3 Å². The molecule has 8 nitrogen and oxygen atoms in total. The van der Waals surface area contributed by atoms with E-state index in [9.17, 15) is 9.18 Å². The number of aromatic nitrogens is 2. The summed E-state index contributed by atoms with van der Waals surface area (Å²) in [6, 6.07) is 12.8. The maximum Gasteiger partial charge on any atom is 0.271 e. The Morgan fingerprint density at radius 1 is 1.03 bits per heavy atom. The minimum absolute atomic E-state index is 0.0726. The fraction of sp³-hybridized carbons (Fsp3) is 0.0526. The van der Waals surface area contributed by atoms with Crippen LogP contribution in [0.15, 0.2) is 60.0 Å². The Hall–Kier alpha value is -3.72. The minimum atomic E-state index is -0.966. The van der Waals surface area contributed by atoms with E-state index in [-0.39, 0.29) is 33.7 Å². The van der Waals surface area contributed by atoms with Crippen molar-refractivity contribution < 1.29 is 23.5 Å². The van der Waals surface area contributed by atoms with Gasteiger partial charge in [0.25, 0.3) is 17.7 Å². The third kappa shape index (κ3) is 4.58. The van der Waals surface area contributed by atoms with Crippen LogP contribution in [0.4, 0.5) is 4.39 Å². The van der Waals surface area contributed by atoms with Crippen molar-refractivity contribution in [2.24, 2.45) is 10.9 Å². The average molecular weight is 417 g/mol. The smallest absolute Gasteiger partial charge is 0.271 e. The van der Waals surface area contributed by atoms with E-state index >= 15 is 0 Å². The lowest BCUT2D eigenvalue weighted by Gasteiger charge is -2.12. The lowest BCUT2D eigenvalue weighted by molar-refractivity contribution is -0.112. The highest BCUT2D eigenvalue weighted by Gasteiger charge is 2.21. The summed E-state index contributed by atoms with van der Waals surface area (Å²) in [4.78, 5) is 23.9. The lowest BCUT2D eigenvalue weighted by atomic mass is 10.1. The highest BCUT2D eigenvalue weighted by Crippen LogP contribution is 2.33. The molecule has 3 aromatic rings. The number of amides is 1. The standard InChI is InChI=1S/C19H14ClFN4O4/c1-27-25-16(17(22)26)11-6-2-4-8-13(11)28-18-15(21)19(24-10-23-18)29-14-9-5-3-7-12(14)20/h2-10H,1H3,(H2,22,26)/b25-16-. The molecule has 0 fully saturated rings. The molecule has 0 aliphatic rings. The predicted molar refractivity (Wildman–Crippen MR) is 103 cm³/mol. The second-order valence-corrected chi connectivity index (χ2v) is 5.82. The highest BCUT2D eigenvalue weighted by molar-refractivity contribution is 6.45. The molecule has 2 aromatic carbocycles. The van der Waals surface area contributed by atoms with E-state index in [0.717, 1.165) is 6.33 Å². The summed E-state index contributed by atoms with van der Waals surface area (Å²) in [7, 11) is 1.26. The number of benzene rings is 2. The summed E-state index contributed by atoms with van der Waals surface area (Å²) < 4.78 is 25.8. The Morgan fingerprint density at radius 3 is 2.24 bits per heavy atom. The van der Waals surface area contributed by atoms with Crippen molar-refractivity contribution in [2.75, 3.05) is 7.11 Å². The van der Waals surface area contributed by atoms with Crippen molar-refractivity contribution in [1.29, 1.82) is 0 Å². The number of carbonyl (C=O) groups excluding carboxylic acids is 1. The largest absolute Gasteiger partial charge is 0.436 e. The number of carbonyl (C=O) groups is 1. The van der Waals surface area contributed by atoms with Gasteiger partial charge in [0.15, 0.2) is 5.71 Å². The normalized spacial score (nSPS) is 11.1. The fourth-order valence-electron chi connectivity index (χ4n) is 2.29. The summed E-state index contributed by atoms with van der Waals surface area (Å²) in [5.74, 6) is -2.36. The zero-order valence-corrected chi connectivity index (χ0v) is 15.8. The van der Waals surface area contributed by atoms with Crippen LogP contribution in [0.3, 0.4) is 0 Å². The third-order valence-electron chi connectivity index (χ3n) is 3.53. The maximum absolute atomic E-state index is 14.9. The number of hydrogen-bond donors (Lipinski definition) is 1. The van der Waals surface area contributed by atoms with E-state index in [2.05, 4.69) is 20.0 Å². The second-order valence-electron chi connectivity index (χ2n) is 5.42. The average Bonchev–Trinajstić information content (AvgIpc) is 2.71. The van der Waals surface area contributed by atoms with Gasteiger partial charge in [-0.25, -0.2) is 0 Å². The van der Waals surface area contributed by atoms with E-state index in [4.69, 9.17) is 26.8 Å². The molecule has 0 saturated carbocycles. The molecule has 3 rings (SSSR count). The zero-order chi connectivity index (χ0) is 20.8. The monoisotopic (exact) mass is 416 g/mol. The van der Waals surface area contributed by atoms with Gasteiger partial charge in [-0.1, -0.05) is 41.0 Å². The topological polar surface area (TPSA) is 109 Å². The molecule has 1 heterocycles. The van der Waals surface area contributed by atoms with Crippen molar-refractivity contribution in [3.05, 3.63) is 71.3 Å². The second kappa shape index (κ2) is 8.98. The van der Waals surface area contributed by atoms with Crippen molar-refractivity contribution in [3.63, 3.8) is 0 Å². The molecule has 1 aromatic heterocycles. The van der Waals surface area contributed by atoms with Crippen LogP contribution in [0.2, 0.25) is 5.02 Å².